The van der Waals surface area contributed by atoms with E-state index in [-0.39, 0.29) is 0 Å². The lowest BCUT2D eigenvalue weighted by atomic mass is 10.2. The molecular formula is C10H16N3+. The molecule has 0 radical (unpaired) electrons. The molecule has 1 heterocycles. The van der Waals surface area contributed by atoms with Gasteiger partial charge in [0, 0.05) is 0 Å². The van der Waals surface area contributed by atoms with Crippen LogP contribution in [0.1, 0.15) is 0 Å². The molecule has 4 N–H and O–H groups in total. The molecule has 0 atom stereocenters. The SMILES string of the molecule is Nc1ccccc1N1CC[NH2+]CC1. The van der Waals surface area contributed by atoms with Crippen LogP contribution in [-0.4, -0.2) is 26.2 Å². The Morgan fingerprint density at radius 1 is 1.15 bits per heavy atom. The fourth-order valence-corrected chi connectivity index (χ4v) is 1.77. The minimum atomic E-state index is 0.893. The zero-order chi connectivity index (χ0) is 9.10. The van der Waals surface area contributed by atoms with Crippen LogP contribution in [0.2, 0.25) is 0 Å². The number of para-hydroxylation sites is 2. The average molecular weight is 178 g/mol. The molecule has 0 aliphatic carbocycles. The van der Waals surface area contributed by atoms with E-state index in [1.165, 1.54) is 18.8 Å². The van der Waals surface area contributed by atoms with Crippen molar-refractivity contribution in [2.45, 2.75) is 0 Å². The van der Waals surface area contributed by atoms with Crippen LogP contribution in [0, 0.1) is 0 Å². The van der Waals surface area contributed by atoms with Crippen LogP contribution in [0.3, 0.4) is 0 Å². The number of hydrogen-bond donors (Lipinski definition) is 2. The predicted molar refractivity (Wildman–Crippen MR) is 54.7 cm³/mol. The van der Waals surface area contributed by atoms with Crippen molar-refractivity contribution in [3.63, 3.8) is 0 Å². The van der Waals surface area contributed by atoms with Gasteiger partial charge in [-0.05, 0) is 12.1 Å². The molecule has 3 heteroatoms. The second kappa shape index (κ2) is 3.66. The van der Waals surface area contributed by atoms with Crippen LogP contribution in [0.25, 0.3) is 0 Å². The highest BCUT2D eigenvalue weighted by atomic mass is 15.2. The molecule has 13 heavy (non-hydrogen) atoms. The molecule has 0 aromatic heterocycles. The molecule has 1 aromatic rings. The summed E-state index contributed by atoms with van der Waals surface area (Å²) in [5.41, 5.74) is 7.98. The Morgan fingerprint density at radius 2 is 1.85 bits per heavy atom. The van der Waals surface area contributed by atoms with E-state index in [0.717, 1.165) is 18.8 Å². The minimum Gasteiger partial charge on any atom is -0.397 e. The van der Waals surface area contributed by atoms with Crippen molar-refractivity contribution >= 4 is 11.4 Å². The number of quaternary nitrogens is 1. The van der Waals surface area contributed by atoms with Gasteiger partial charge in [0.2, 0.25) is 0 Å². The monoisotopic (exact) mass is 178 g/mol. The third-order valence-electron chi connectivity index (χ3n) is 2.48. The second-order valence-electron chi connectivity index (χ2n) is 3.41. The Morgan fingerprint density at radius 3 is 2.54 bits per heavy atom. The van der Waals surface area contributed by atoms with Crippen molar-refractivity contribution in [2.75, 3.05) is 36.8 Å². The van der Waals surface area contributed by atoms with Gasteiger partial charge in [0.15, 0.2) is 0 Å². The van der Waals surface area contributed by atoms with Crippen LogP contribution in [0.5, 0.6) is 0 Å². The van der Waals surface area contributed by atoms with Gasteiger partial charge in [-0.15, -0.1) is 0 Å². The van der Waals surface area contributed by atoms with Gasteiger partial charge in [-0.25, -0.2) is 0 Å². The average Bonchev–Trinajstić information content (AvgIpc) is 2.20. The summed E-state index contributed by atoms with van der Waals surface area (Å²) >= 11 is 0. The van der Waals surface area contributed by atoms with E-state index in [1.807, 2.05) is 18.2 Å². The minimum absolute atomic E-state index is 0.893. The maximum atomic E-state index is 5.90. The van der Waals surface area contributed by atoms with Gasteiger partial charge in [0.05, 0.1) is 37.6 Å². The zero-order valence-electron chi connectivity index (χ0n) is 7.74. The number of anilines is 2. The van der Waals surface area contributed by atoms with Crippen LogP contribution in [0.15, 0.2) is 24.3 Å². The Balaban J connectivity index is 2.18. The van der Waals surface area contributed by atoms with E-state index in [0.29, 0.717) is 0 Å². The van der Waals surface area contributed by atoms with Crippen molar-refractivity contribution in [1.82, 2.24) is 0 Å². The highest BCUT2D eigenvalue weighted by Crippen LogP contribution is 2.21. The fraction of sp³-hybridized carbons (Fsp3) is 0.400. The van der Waals surface area contributed by atoms with Crippen molar-refractivity contribution in [1.29, 1.82) is 0 Å². The molecule has 0 amide bonds. The van der Waals surface area contributed by atoms with E-state index in [4.69, 9.17) is 5.73 Å². The molecule has 3 nitrogen and oxygen atoms in total. The number of nitrogen functional groups attached to an aromatic ring is 1. The summed E-state index contributed by atoms with van der Waals surface area (Å²) in [5.74, 6) is 0. The van der Waals surface area contributed by atoms with Gasteiger partial charge in [0.25, 0.3) is 0 Å². The molecular weight excluding hydrogens is 162 g/mol. The lowest BCUT2D eigenvalue weighted by molar-refractivity contribution is -0.655. The van der Waals surface area contributed by atoms with E-state index in [2.05, 4.69) is 16.3 Å². The lowest BCUT2D eigenvalue weighted by Gasteiger charge is -2.28. The maximum absolute atomic E-state index is 5.90. The number of piperazine rings is 1. The number of nitrogens with two attached hydrogens (primary N) is 2. The molecule has 1 fully saturated rings. The first kappa shape index (κ1) is 8.38. The summed E-state index contributed by atoms with van der Waals surface area (Å²) in [5, 5.41) is 2.34. The molecule has 1 saturated heterocycles. The largest absolute Gasteiger partial charge is 0.397 e. The quantitative estimate of drug-likeness (QED) is 0.578. The van der Waals surface area contributed by atoms with Crippen molar-refractivity contribution in [3.8, 4) is 0 Å². The third-order valence-corrected chi connectivity index (χ3v) is 2.48. The Kier molecular flexibility index (Phi) is 2.36. The number of hydrogen-bond acceptors (Lipinski definition) is 2. The lowest BCUT2D eigenvalue weighted by Crippen LogP contribution is -2.89. The van der Waals surface area contributed by atoms with Crippen LogP contribution in [-0.2, 0) is 0 Å². The second-order valence-corrected chi connectivity index (χ2v) is 3.41. The molecule has 0 unspecified atom stereocenters. The highest BCUT2D eigenvalue weighted by molar-refractivity contribution is 5.67. The summed E-state index contributed by atoms with van der Waals surface area (Å²) in [6.45, 7) is 4.56. The molecule has 1 aliphatic heterocycles. The Bertz CT molecular complexity index is 279. The summed E-state index contributed by atoms with van der Waals surface area (Å²) < 4.78 is 0. The van der Waals surface area contributed by atoms with Gasteiger partial charge >= 0.3 is 0 Å². The van der Waals surface area contributed by atoms with Gasteiger partial charge in [-0.2, -0.15) is 0 Å². The maximum Gasteiger partial charge on any atom is 0.0934 e. The van der Waals surface area contributed by atoms with E-state index >= 15 is 0 Å². The normalized spacial score (nSPS) is 17.4. The van der Waals surface area contributed by atoms with Gasteiger partial charge in [-0.1, -0.05) is 12.1 Å². The first-order valence-electron chi connectivity index (χ1n) is 4.79. The fourth-order valence-electron chi connectivity index (χ4n) is 1.77. The summed E-state index contributed by atoms with van der Waals surface area (Å²) in [6, 6.07) is 8.09. The molecule has 1 aromatic carbocycles. The van der Waals surface area contributed by atoms with E-state index < -0.39 is 0 Å². The predicted octanol–water partition coefficient (Wildman–Crippen LogP) is -0.348. The highest BCUT2D eigenvalue weighted by Gasteiger charge is 2.13. The summed E-state index contributed by atoms with van der Waals surface area (Å²) in [6.07, 6.45) is 0. The van der Waals surface area contributed by atoms with E-state index in [9.17, 15) is 0 Å². The number of rotatable bonds is 1. The summed E-state index contributed by atoms with van der Waals surface area (Å²) in [4.78, 5) is 2.36. The first-order valence-corrected chi connectivity index (χ1v) is 4.79. The van der Waals surface area contributed by atoms with Gasteiger partial charge in [0.1, 0.15) is 0 Å². The van der Waals surface area contributed by atoms with Crippen LogP contribution >= 0.6 is 0 Å². The van der Waals surface area contributed by atoms with Gasteiger partial charge in [-0.3, -0.25) is 0 Å². The molecule has 1 aliphatic rings. The van der Waals surface area contributed by atoms with Crippen molar-refractivity contribution < 1.29 is 5.32 Å². The molecule has 2 rings (SSSR count). The van der Waals surface area contributed by atoms with Crippen LogP contribution in [0.4, 0.5) is 11.4 Å². The zero-order valence-corrected chi connectivity index (χ0v) is 7.74. The third kappa shape index (κ3) is 1.75. The summed E-state index contributed by atoms with van der Waals surface area (Å²) in [7, 11) is 0. The number of benzene rings is 1. The molecule has 0 bridgehead atoms. The van der Waals surface area contributed by atoms with Crippen molar-refractivity contribution in [3.05, 3.63) is 24.3 Å². The molecule has 70 valence electrons. The standard InChI is InChI=1S/C10H15N3/c11-9-3-1-2-4-10(9)13-7-5-12-6-8-13/h1-4,12H,5-8,11H2/p+1. The molecule has 0 saturated carbocycles. The Labute approximate surface area is 78.5 Å². The first-order chi connectivity index (χ1) is 6.38. The Hall–Kier alpha value is -1.22. The molecule has 0 spiro atoms. The van der Waals surface area contributed by atoms with E-state index in [1.54, 1.807) is 0 Å². The van der Waals surface area contributed by atoms with Gasteiger partial charge < -0.3 is 16.0 Å². The topological polar surface area (TPSA) is 45.9 Å². The smallest absolute Gasteiger partial charge is 0.0934 e. The number of nitrogens with zero attached hydrogens (tertiary/aromatic N) is 1. The van der Waals surface area contributed by atoms with Crippen molar-refractivity contribution in [2.24, 2.45) is 0 Å². The van der Waals surface area contributed by atoms with Crippen LogP contribution < -0.4 is 16.0 Å².